The number of nitrogens with zero attached hydrogens (tertiary/aromatic N) is 2. The Morgan fingerprint density at radius 1 is 1.58 bits per heavy atom. The Balaban J connectivity index is 2.41. The molecule has 0 spiro atoms. The van der Waals surface area contributed by atoms with Crippen LogP contribution < -0.4 is 0 Å². The number of fused-ring (bicyclic) bond motifs is 1. The van der Waals surface area contributed by atoms with Gasteiger partial charge in [-0.3, -0.25) is 4.68 Å². The molecule has 0 fully saturated rings. The molecule has 1 aliphatic rings. The summed E-state index contributed by atoms with van der Waals surface area (Å²) < 4.78 is 2.13. The third-order valence-corrected chi connectivity index (χ3v) is 2.44. The van der Waals surface area contributed by atoms with E-state index in [1.807, 2.05) is 6.20 Å². The molecule has 1 unspecified atom stereocenters. The topological polar surface area (TPSA) is 17.8 Å². The fourth-order valence-corrected chi connectivity index (χ4v) is 1.71. The second-order valence-corrected chi connectivity index (χ2v) is 3.58. The number of rotatable bonds is 0. The average Bonchev–Trinajstić information content (AvgIpc) is 2.44. The molecule has 0 saturated heterocycles. The van der Waals surface area contributed by atoms with Gasteiger partial charge in [0.2, 0.25) is 0 Å². The van der Waals surface area contributed by atoms with Gasteiger partial charge in [0.1, 0.15) is 0 Å². The molecule has 2 rings (SSSR count). The monoisotopic (exact) mass is 162 g/mol. The van der Waals surface area contributed by atoms with Crippen LogP contribution in [0.3, 0.4) is 0 Å². The Hall–Kier alpha value is -1.05. The lowest BCUT2D eigenvalue weighted by Crippen LogP contribution is -2.07. The van der Waals surface area contributed by atoms with Gasteiger partial charge in [-0.05, 0) is 26.3 Å². The van der Waals surface area contributed by atoms with Gasteiger partial charge in [0.25, 0.3) is 0 Å². The van der Waals surface area contributed by atoms with Crippen LogP contribution in [0, 0.1) is 0 Å². The van der Waals surface area contributed by atoms with Crippen LogP contribution in [-0.2, 0) is 6.42 Å². The van der Waals surface area contributed by atoms with Crippen LogP contribution in [0.2, 0.25) is 0 Å². The van der Waals surface area contributed by atoms with Gasteiger partial charge in [0.15, 0.2) is 0 Å². The van der Waals surface area contributed by atoms with E-state index in [1.54, 1.807) is 0 Å². The number of allylic oxidation sites excluding steroid dienone is 2. The summed E-state index contributed by atoms with van der Waals surface area (Å²) in [7, 11) is 0. The molecule has 0 bridgehead atoms. The minimum Gasteiger partial charge on any atom is -0.266 e. The fraction of sp³-hybridized carbons (Fsp3) is 0.500. The maximum Gasteiger partial charge on any atom is 0.0528 e. The summed E-state index contributed by atoms with van der Waals surface area (Å²) in [6.07, 6.45) is 6.38. The van der Waals surface area contributed by atoms with E-state index in [0.29, 0.717) is 6.04 Å². The smallest absolute Gasteiger partial charge is 0.0528 e. The van der Waals surface area contributed by atoms with Gasteiger partial charge in [-0.1, -0.05) is 11.6 Å². The lowest BCUT2D eigenvalue weighted by atomic mass is 10.1. The van der Waals surface area contributed by atoms with Crippen LogP contribution in [0.1, 0.15) is 32.0 Å². The van der Waals surface area contributed by atoms with Crippen molar-refractivity contribution in [2.75, 3.05) is 0 Å². The van der Waals surface area contributed by atoms with Gasteiger partial charge in [0.05, 0.1) is 6.04 Å². The zero-order valence-corrected chi connectivity index (χ0v) is 7.62. The zero-order valence-electron chi connectivity index (χ0n) is 7.62. The molecule has 1 aliphatic heterocycles. The highest BCUT2D eigenvalue weighted by molar-refractivity contribution is 5.16. The predicted molar refractivity (Wildman–Crippen MR) is 49.0 cm³/mol. The predicted octanol–water partition coefficient (Wildman–Crippen LogP) is 2.34. The molecule has 2 heteroatoms. The largest absolute Gasteiger partial charge is 0.266 e. The summed E-state index contributed by atoms with van der Waals surface area (Å²) in [6, 6.07) is 2.63. The minimum absolute atomic E-state index is 0.521. The molecule has 0 saturated carbocycles. The maximum atomic E-state index is 4.32. The molecule has 64 valence electrons. The summed E-state index contributed by atoms with van der Waals surface area (Å²) in [4.78, 5) is 0. The van der Waals surface area contributed by atoms with Crippen LogP contribution in [-0.4, -0.2) is 9.78 Å². The molecule has 12 heavy (non-hydrogen) atoms. The first-order valence-corrected chi connectivity index (χ1v) is 4.45. The van der Waals surface area contributed by atoms with E-state index in [-0.39, 0.29) is 0 Å². The lowest BCUT2D eigenvalue weighted by molar-refractivity contribution is 0.487. The Morgan fingerprint density at radius 2 is 2.42 bits per heavy atom. The highest BCUT2D eigenvalue weighted by Gasteiger charge is 2.12. The first-order chi connectivity index (χ1) is 5.77. The van der Waals surface area contributed by atoms with E-state index in [9.17, 15) is 0 Å². The highest BCUT2D eigenvalue weighted by Crippen LogP contribution is 2.21. The fourth-order valence-electron chi connectivity index (χ4n) is 1.71. The lowest BCUT2D eigenvalue weighted by Gasteiger charge is -2.10. The van der Waals surface area contributed by atoms with E-state index >= 15 is 0 Å². The van der Waals surface area contributed by atoms with Crippen molar-refractivity contribution in [1.29, 1.82) is 0 Å². The standard InChI is InChI=1S/C10H14N2/c1-8-3-4-9(2)12-10(7-8)5-6-11-12/h3,5-6,9H,4,7H2,1-2H3. The highest BCUT2D eigenvalue weighted by atomic mass is 15.3. The number of hydrogen-bond donors (Lipinski definition) is 0. The first-order valence-electron chi connectivity index (χ1n) is 4.45. The average molecular weight is 162 g/mol. The van der Waals surface area contributed by atoms with Gasteiger partial charge in [-0.2, -0.15) is 5.10 Å². The normalized spacial score (nSPS) is 22.8. The zero-order chi connectivity index (χ0) is 8.55. The molecule has 1 aromatic heterocycles. The number of aromatic nitrogens is 2. The Bertz CT molecular complexity index is 309. The maximum absolute atomic E-state index is 4.32. The number of hydrogen-bond acceptors (Lipinski definition) is 1. The van der Waals surface area contributed by atoms with Crippen molar-refractivity contribution < 1.29 is 0 Å². The molecular weight excluding hydrogens is 148 g/mol. The van der Waals surface area contributed by atoms with Crippen molar-refractivity contribution in [2.45, 2.75) is 32.7 Å². The summed E-state index contributed by atoms with van der Waals surface area (Å²) in [5.74, 6) is 0. The van der Waals surface area contributed by atoms with Crippen molar-refractivity contribution in [3.8, 4) is 0 Å². The Labute approximate surface area is 72.9 Å². The van der Waals surface area contributed by atoms with E-state index in [1.165, 1.54) is 11.3 Å². The molecule has 0 amide bonds. The van der Waals surface area contributed by atoms with E-state index in [0.717, 1.165) is 12.8 Å². The molecule has 1 atom stereocenters. The Kier molecular flexibility index (Phi) is 1.75. The quantitative estimate of drug-likeness (QED) is 0.535. The van der Waals surface area contributed by atoms with Gasteiger partial charge in [-0.25, -0.2) is 0 Å². The Morgan fingerprint density at radius 3 is 3.25 bits per heavy atom. The molecule has 0 radical (unpaired) electrons. The third-order valence-electron chi connectivity index (χ3n) is 2.44. The van der Waals surface area contributed by atoms with Crippen LogP contribution in [0.4, 0.5) is 0 Å². The summed E-state index contributed by atoms with van der Waals surface area (Å²) in [5, 5.41) is 4.32. The van der Waals surface area contributed by atoms with Crippen LogP contribution >= 0.6 is 0 Å². The first kappa shape index (κ1) is 7.59. The van der Waals surface area contributed by atoms with Crippen molar-refractivity contribution in [2.24, 2.45) is 0 Å². The van der Waals surface area contributed by atoms with Crippen molar-refractivity contribution in [3.05, 3.63) is 29.6 Å². The summed E-state index contributed by atoms with van der Waals surface area (Å²) in [6.45, 7) is 4.40. The van der Waals surface area contributed by atoms with E-state index in [2.05, 4.69) is 35.8 Å². The molecule has 0 aliphatic carbocycles. The third kappa shape index (κ3) is 1.17. The molecule has 0 N–H and O–H groups in total. The minimum atomic E-state index is 0.521. The van der Waals surface area contributed by atoms with Crippen molar-refractivity contribution in [3.63, 3.8) is 0 Å². The van der Waals surface area contributed by atoms with Gasteiger partial charge in [0, 0.05) is 18.3 Å². The van der Waals surface area contributed by atoms with Crippen molar-refractivity contribution >= 4 is 0 Å². The summed E-state index contributed by atoms with van der Waals surface area (Å²) in [5.41, 5.74) is 2.80. The second-order valence-electron chi connectivity index (χ2n) is 3.58. The molecule has 2 heterocycles. The molecule has 1 aromatic rings. The van der Waals surface area contributed by atoms with Crippen LogP contribution in [0.25, 0.3) is 0 Å². The second kappa shape index (κ2) is 2.77. The van der Waals surface area contributed by atoms with Gasteiger partial charge < -0.3 is 0 Å². The van der Waals surface area contributed by atoms with Gasteiger partial charge >= 0.3 is 0 Å². The van der Waals surface area contributed by atoms with Crippen LogP contribution in [0.5, 0.6) is 0 Å². The van der Waals surface area contributed by atoms with Crippen LogP contribution in [0.15, 0.2) is 23.9 Å². The van der Waals surface area contributed by atoms with Crippen molar-refractivity contribution in [1.82, 2.24) is 9.78 Å². The van der Waals surface area contributed by atoms with E-state index in [4.69, 9.17) is 0 Å². The molecule has 0 aromatic carbocycles. The van der Waals surface area contributed by atoms with Gasteiger partial charge in [-0.15, -0.1) is 0 Å². The molecule has 2 nitrogen and oxygen atoms in total. The summed E-state index contributed by atoms with van der Waals surface area (Å²) >= 11 is 0. The molecular formula is C10H14N2. The SMILES string of the molecule is CC1=CCC(C)n2nccc2C1. The van der Waals surface area contributed by atoms with E-state index < -0.39 is 0 Å².